The maximum atomic E-state index is 13.1. The van der Waals surface area contributed by atoms with E-state index in [9.17, 15) is 9.90 Å². The molecule has 2 fully saturated rings. The van der Waals surface area contributed by atoms with Crippen LogP contribution < -0.4 is 24.0 Å². The van der Waals surface area contributed by atoms with Crippen molar-refractivity contribution < 1.29 is 38.4 Å². The minimum Gasteiger partial charge on any atom is -1.00 e. The maximum Gasteiger partial charge on any atom is 0.169 e. The average molecular weight is 449 g/mol. The van der Waals surface area contributed by atoms with E-state index >= 15 is 0 Å². The van der Waals surface area contributed by atoms with E-state index in [1.165, 1.54) is 0 Å². The number of ketones is 1. The number of halogens is 1. The molecular formula is C18H28INO2S. The Kier molecular flexibility index (Phi) is 6.31. The van der Waals surface area contributed by atoms with Gasteiger partial charge in [0.1, 0.15) is 0 Å². The molecule has 5 heteroatoms. The van der Waals surface area contributed by atoms with Gasteiger partial charge in [-0.25, -0.2) is 0 Å². The molecule has 1 saturated heterocycles. The Labute approximate surface area is 160 Å². The third-order valence-electron chi connectivity index (χ3n) is 5.70. The van der Waals surface area contributed by atoms with Crippen LogP contribution >= 0.6 is 11.3 Å². The highest BCUT2D eigenvalue weighted by Crippen LogP contribution is 2.43. The predicted molar refractivity (Wildman–Crippen MR) is 89.7 cm³/mol. The van der Waals surface area contributed by atoms with Crippen LogP contribution in [0.1, 0.15) is 44.1 Å². The van der Waals surface area contributed by atoms with Gasteiger partial charge in [0, 0.05) is 24.3 Å². The molecule has 1 aromatic rings. The largest absolute Gasteiger partial charge is 1.00 e. The van der Waals surface area contributed by atoms with Gasteiger partial charge in [0.2, 0.25) is 0 Å². The number of hydrogen-bond donors (Lipinski definition) is 1. The Morgan fingerprint density at radius 3 is 2.57 bits per heavy atom. The van der Waals surface area contributed by atoms with Crippen LogP contribution in [0, 0.1) is 11.8 Å². The number of carbonyl (C=O) groups excluding carboxylic acids is 1. The second-order valence-electron chi connectivity index (χ2n) is 7.88. The van der Waals surface area contributed by atoms with Crippen molar-refractivity contribution in [3.05, 3.63) is 22.4 Å². The van der Waals surface area contributed by atoms with Crippen molar-refractivity contribution in [1.29, 1.82) is 0 Å². The molecule has 130 valence electrons. The lowest BCUT2D eigenvalue weighted by Gasteiger charge is -2.33. The van der Waals surface area contributed by atoms with Crippen molar-refractivity contribution in [3.63, 3.8) is 0 Å². The number of likely N-dealkylation sites (tertiary alicyclic amines) is 1. The highest BCUT2D eigenvalue weighted by molar-refractivity contribution is 7.08. The standard InChI is InChI=1S/C18H28NO2S.HI/c1-19(2)9-7-14(12-19)11-17(20)18(21,15-5-3-4-6-15)16-8-10-22-13-16;/h8,10,13-15,21H,3-7,9,11-12H2,1-2H3;1H/q+1;/p-1/t14-,18+;/m1./s1. The fourth-order valence-corrected chi connectivity index (χ4v) is 5.16. The summed E-state index contributed by atoms with van der Waals surface area (Å²) in [7, 11) is 4.46. The zero-order valence-corrected chi connectivity index (χ0v) is 17.1. The molecule has 1 aliphatic carbocycles. The SMILES string of the molecule is C[N+]1(C)CC[C@H](CC(=O)[C@@](O)(c2ccsc2)C2CCCC2)C1.[I-]. The minimum atomic E-state index is -1.24. The maximum absolute atomic E-state index is 13.1. The molecule has 0 bridgehead atoms. The molecular weight excluding hydrogens is 421 g/mol. The second kappa shape index (κ2) is 7.50. The molecule has 1 aromatic heterocycles. The van der Waals surface area contributed by atoms with Crippen molar-refractivity contribution in [2.45, 2.75) is 44.1 Å². The van der Waals surface area contributed by atoms with E-state index in [2.05, 4.69) is 14.1 Å². The van der Waals surface area contributed by atoms with Gasteiger partial charge in [0.25, 0.3) is 0 Å². The summed E-state index contributed by atoms with van der Waals surface area (Å²) in [5.41, 5.74) is -0.405. The third-order valence-corrected chi connectivity index (χ3v) is 6.38. The van der Waals surface area contributed by atoms with Crippen LogP contribution in [0.4, 0.5) is 0 Å². The summed E-state index contributed by atoms with van der Waals surface area (Å²) >= 11 is 1.57. The lowest BCUT2D eigenvalue weighted by Crippen LogP contribution is -3.00. The zero-order chi connectivity index (χ0) is 15.8. The summed E-state index contributed by atoms with van der Waals surface area (Å²) in [6.07, 6.45) is 5.86. The fourth-order valence-electron chi connectivity index (χ4n) is 4.45. The Morgan fingerprint density at radius 2 is 2.04 bits per heavy atom. The van der Waals surface area contributed by atoms with Gasteiger partial charge in [0.15, 0.2) is 11.4 Å². The zero-order valence-electron chi connectivity index (χ0n) is 14.1. The predicted octanol–water partition coefficient (Wildman–Crippen LogP) is 0.185. The highest BCUT2D eigenvalue weighted by Gasteiger charge is 2.47. The summed E-state index contributed by atoms with van der Waals surface area (Å²) in [6.45, 7) is 2.19. The molecule has 0 amide bonds. The van der Waals surface area contributed by atoms with Crippen LogP contribution in [0.3, 0.4) is 0 Å². The van der Waals surface area contributed by atoms with Gasteiger partial charge >= 0.3 is 0 Å². The smallest absolute Gasteiger partial charge is 0.169 e. The van der Waals surface area contributed by atoms with Crippen molar-refractivity contribution in [2.24, 2.45) is 11.8 Å². The molecule has 0 unspecified atom stereocenters. The van der Waals surface area contributed by atoms with Gasteiger partial charge < -0.3 is 33.6 Å². The first-order chi connectivity index (χ1) is 10.4. The van der Waals surface area contributed by atoms with Gasteiger partial charge in [-0.3, -0.25) is 4.79 Å². The Hall–Kier alpha value is 0.0200. The number of carbonyl (C=O) groups is 1. The van der Waals surface area contributed by atoms with E-state index in [0.29, 0.717) is 12.3 Å². The van der Waals surface area contributed by atoms with Crippen LogP contribution in [0.5, 0.6) is 0 Å². The summed E-state index contributed by atoms with van der Waals surface area (Å²) in [6, 6.07) is 1.94. The van der Waals surface area contributed by atoms with Gasteiger partial charge in [-0.05, 0) is 35.6 Å². The first-order valence-corrected chi connectivity index (χ1v) is 9.46. The van der Waals surface area contributed by atoms with E-state index in [1.54, 1.807) is 11.3 Å². The molecule has 2 atom stereocenters. The number of quaternary nitrogens is 1. The molecule has 3 nitrogen and oxygen atoms in total. The number of rotatable bonds is 5. The number of Topliss-reactive ketones (excluding diaryl/α,β-unsaturated/α-hetero) is 1. The monoisotopic (exact) mass is 449 g/mol. The van der Waals surface area contributed by atoms with Gasteiger partial charge in [-0.15, -0.1) is 0 Å². The van der Waals surface area contributed by atoms with Crippen molar-refractivity contribution in [3.8, 4) is 0 Å². The second-order valence-corrected chi connectivity index (χ2v) is 8.66. The third kappa shape index (κ3) is 3.99. The molecule has 1 N–H and O–H groups in total. The fraction of sp³-hybridized carbons (Fsp3) is 0.722. The number of thiophene rings is 1. The first-order valence-electron chi connectivity index (χ1n) is 8.52. The normalized spacial score (nSPS) is 26.7. The average Bonchev–Trinajstić information content (AvgIpc) is 3.19. The molecule has 0 spiro atoms. The Morgan fingerprint density at radius 1 is 1.35 bits per heavy atom. The lowest BCUT2D eigenvalue weighted by molar-refractivity contribution is -0.879. The Balaban J connectivity index is 0.00000192. The molecule has 3 rings (SSSR count). The summed E-state index contributed by atoms with van der Waals surface area (Å²) in [5, 5.41) is 15.3. The Bertz CT molecular complexity index is 525. The molecule has 2 heterocycles. The van der Waals surface area contributed by atoms with Crippen molar-refractivity contribution in [2.75, 3.05) is 27.2 Å². The van der Waals surface area contributed by atoms with Crippen LogP contribution in [0.2, 0.25) is 0 Å². The van der Waals surface area contributed by atoms with E-state index in [0.717, 1.165) is 55.2 Å². The number of aliphatic hydroxyl groups is 1. The van der Waals surface area contributed by atoms with Crippen LogP contribution in [0.25, 0.3) is 0 Å². The number of nitrogens with zero attached hydrogens (tertiary/aromatic N) is 1. The van der Waals surface area contributed by atoms with E-state index in [-0.39, 0.29) is 35.7 Å². The summed E-state index contributed by atoms with van der Waals surface area (Å²) < 4.78 is 0.998. The molecule has 0 radical (unpaired) electrons. The topological polar surface area (TPSA) is 37.3 Å². The minimum absolute atomic E-state index is 0. The van der Waals surface area contributed by atoms with Crippen LogP contribution in [-0.4, -0.2) is 42.6 Å². The molecule has 1 aliphatic heterocycles. The van der Waals surface area contributed by atoms with E-state index in [4.69, 9.17) is 0 Å². The molecule has 2 aliphatic rings. The quantitative estimate of drug-likeness (QED) is 0.515. The summed E-state index contributed by atoms with van der Waals surface area (Å²) in [4.78, 5) is 13.1. The van der Waals surface area contributed by atoms with Crippen LogP contribution in [0.15, 0.2) is 16.8 Å². The van der Waals surface area contributed by atoms with Crippen LogP contribution in [-0.2, 0) is 10.4 Å². The van der Waals surface area contributed by atoms with Gasteiger partial charge in [-0.1, -0.05) is 12.8 Å². The lowest BCUT2D eigenvalue weighted by atomic mass is 9.75. The molecule has 1 saturated carbocycles. The van der Waals surface area contributed by atoms with E-state index in [1.807, 2.05) is 16.8 Å². The van der Waals surface area contributed by atoms with Gasteiger partial charge in [-0.2, -0.15) is 11.3 Å². The number of hydrogen-bond acceptors (Lipinski definition) is 3. The van der Waals surface area contributed by atoms with E-state index < -0.39 is 5.60 Å². The van der Waals surface area contributed by atoms with Crippen molar-refractivity contribution in [1.82, 2.24) is 0 Å². The highest BCUT2D eigenvalue weighted by atomic mass is 127. The van der Waals surface area contributed by atoms with Crippen molar-refractivity contribution >= 4 is 17.1 Å². The molecule has 0 aromatic carbocycles. The molecule has 23 heavy (non-hydrogen) atoms. The van der Waals surface area contributed by atoms with Gasteiger partial charge in [0.05, 0.1) is 27.2 Å². The first kappa shape index (κ1) is 19.3. The summed E-state index contributed by atoms with van der Waals surface area (Å²) in [5.74, 6) is 0.595.